The van der Waals surface area contributed by atoms with Gasteiger partial charge in [-0.1, -0.05) is 11.6 Å². The van der Waals surface area contributed by atoms with Crippen LogP contribution in [-0.2, 0) is 4.74 Å². The summed E-state index contributed by atoms with van der Waals surface area (Å²) < 4.78 is 16.2. The molecule has 2 aromatic carbocycles. The van der Waals surface area contributed by atoms with Gasteiger partial charge in [-0.2, -0.15) is 0 Å². The first-order valence-electron chi connectivity index (χ1n) is 9.05. The summed E-state index contributed by atoms with van der Waals surface area (Å²) >= 11 is 11.8. The van der Waals surface area contributed by atoms with Crippen molar-refractivity contribution in [2.45, 2.75) is 31.9 Å². The Kier molecular flexibility index (Phi) is 6.19. The van der Waals surface area contributed by atoms with Crippen LogP contribution in [0.4, 0.5) is 5.69 Å². The first kappa shape index (κ1) is 21.2. The van der Waals surface area contributed by atoms with Crippen LogP contribution in [0.3, 0.4) is 0 Å². The molecule has 3 rings (SSSR count). The monoisotopic (exact) mass is 434 g/mol. The van der Waals surface area contributed by atoms with Gasteiger partial charge in [0.1, 0.15) is 17.1 Å². The van der Waals surface area contributed by atoms with E-state index in [2.05, 4.69) is 10.6 Å². The molecule has 0 amide bonds. The van der Waals surface area contributed by atoms with Gasteiger partial charge in [-0.15, -0.1) is 0 Å². The van der Waals surface area contributed by atoms with Crippen LogP contribution in [0, 0.1) is 0 Å². The minimum Gasteiger partial charge on any atom is -0.497 e. The smallest absolute Gasteiger partial charge is 0.337 e. The molecule has 2 N–H and O–H groups in total. The number of benzene rings is 2. The fourth-order valence-electron chi connectivity index (χ4n) is 3.27. The lowest BCUT2D eigenvalue weighted by Gasteiger charge is -2.38. The topological polar surface area (TPSA) is 68.8 Å². The van der Waals surface area contributed by atoms with Crippen molar-refractivity contribution in [3.63, 3.8) is 0 Å². The van der Waals surface area contributed by atoms with E-state index in [-0.39, 0.29) is 11.6 Å². The second kappa shape index (κ2) is 8.47. The largest absolute Gasteiger partial charge is 0.497 e. The molecule has 0 unspecified atom stereocenters. The van der Waals surface area contributed by atoms with Gasteiger partial charge in [0.25, 0.3) is 0 Å². The second-order valence-corrected chi connectivity index (χ2v) is 8.12. The zero-order chi connectivity index (χ0) is 21.2. The van der Waals surface area contributed by atoms with Crippen molar-refractivity contribution in [3.05, 3.63) is 52.5 Å². The van der Waals surface area contributed by atoms with E-state index in [1.54, 1.807) is 25.3 Å². The van der Waals surface area contributed by atoms with Crippen molar-refractivity contribution in [3.8, 4) is 11.5 Å². The molecule has 2 aromatic rings. The lowest BCUT2D eigenvalue weighted by Crippen LogP contribution is -2.42. The molecule has 0 spiro atoms. The number of rotatable bonds is 4. The fraction of sp³-hybridized carbons (Fsp3) is 0.333. The number of anilines is 1. The summed E-state index contributed by atoms with van der Waals surface area (Å²) in [7, 11) is 2.95. The Bertz CT molecular complexity index is 948. The molecule has 0 fully saturated rings. The molecule has 154 valence electrons. The Morgan fingerprint density at radius 1 is 1.24 bits per heavy atom. The number of carbonyl (C=O) groups is 1. The summed E-state index contributed by atoms with van der Waals surface area (Å²) in [6, 6.07) is 10.5. The van der Waals surface area contributed by atoms with Gasteiger partial charge in [0.05, 0.1) is 36.5 Å². The molecule has 6 nitrogen and oxygen atoms in total. The molecule has 29 heavy (non-hydrogen) atoms. The maximum atomic E-state index is 11.8. The van der Waals surface area contributed by atoms with Crippen LogP contribution in [0.25, 0.3) is 0 Å². The summed E-state index contributed by atoms with van der Waals surface area (Å²) in [5.74, 6) is 1.04. The predicted octanol–water partition coefficient (Wildman–Crippen LogP) is 4.72. The second-order valence-electron chi connectivity index (χ2n) is 7.31. The van der Waals surface area contributed by atoms with Gasteiger partial charge in [-0.3, -0.25) is 0 Å². The summed E-state index contributed by atoms with van der Waals surface area (Å²) in [5, 5.41) is 7.24. The molecule has 0 radical (unpaired) electrons. The van der Waals surface area contributed by atoms with Crippen LogP contribution in [0.1, 0.15) is 42.2 Å². The van der Waals surface area contributed by atoms with Crippen molar-refractivity contribution < 1.29 is 19.0 Å². The molecular weight excluding hydrogens is 412 g/mol. The molecule has 0 aromatic heterocycles. The molecule has 0 saturated carbocycles. The van der Waals surface area contributed by atoms with Crippen molar-refractivity contribution in [1.82, 2.24) is 5.32 Å². The number of hydrogen-bond acceptors (Lipinski definition) is 5. The molecule has 1 aliphatic rings. The molecule has 1 aliphatic heterocycles. The van der Waals surface area contributed by atoms with Crippen LogP contribution in [0.5, 0.6) is 11.5 Å². The number of ether oxygens (including phenoxy) is 3. The number of carbonyl (C=O) groups excluding carboxylic acids is 1. The van der Waals surface area contributed by atoms with Gasteiger partial charge in [-0.25, -0.2) is 4.79 Å². The predicted molar refractivity (Wildman–Crippen MR) is 117 cm³/mol. The van der Waals surface area contributed by atoms with Gasteiger partial charge in [0.2, 0.25) is 0 Å². The lowest BCUT2D eigenvalue weighted by atomic mass is 9.89. The third-order valence-corrected chi connectivity index (χ3v) is 5.17. The molecule has 0 saturated heterocycles. The van der Waals surface area contributed by atoms with E-state index in [9.17, 15) is 4.79 Å². The van der Waals surface area contributed by atoms with E-state index in [0.29, 0.717) is 27.8 Å². The van der Waals surface area contributed by atoms with Crippen molar-refractivity contribution in [1.29, 1.82) is 0 Å². The zero-order valence-electron chi connectivity index (χ0n) is 16.7. The highest BCUT2D eigenvalue weighted by atomic mass is 35.5. The number of halogens is 1. The number of esters is 1. The average Bonchev–Trinajstić information content (AvgIpc) is 2.67. The van der Waals surface area contributed by atoms with Gasteiger partial charge < -0.3 is 24.8 Å². The minimum absolute atomic E-state index is 0.0674. The first-order valence-corrected chi connectivity index (χ1v) is 9.83. The first-order chi connectivity index (χ1) is 13.7. The Labute approximate surface area is 180 Å². The molecule has 0 bridgehead atoms. The summed E-state index contributed by atoms with van der Waals surface area (Å²) in [5.41, 5.74) is 1.51. The van der Waals surface area contributed by atoms with Crippen LogP contribution in [0.15, 0.2) is 36.4 Å². The van der Waals surface area contributed by atoms with Gasteiger partial charge in [0.15, 0.2) is 5.11 Å². The van der Waals surface area contributed by atoms with E-state index in [4.69, 9.17) is 38.0 Å². The molecular formula is C21H23ClN2O4S. The Balaban J connectivity index is 1.80. The number of methoxy groups -OCH3 is 2. The van der Waals surface area contributed by atoms with Crippen LogP contribution < -0.4 is 20.1 Å². The maximum absolute atomic E-state index is 11.8. The van der Waals surface area contributed by atoms with Gasteiger partial charge >= 0.3 is 5.97 Å². The Hall–Kier alpha value is -2.51. The number of nitrogens with one attached hydrogen (secondary N) is 2. The zero-order valence-corrected chi connectivity index (χ0v) is 18.2. The van der Waals surface area contributed by atoms with Crippen molar-refractivity contribution >= 4 is 40.6 Å². The lowest BCUT2D eigenvalue weighted by molar-refractivity contribution is 0.0600. The Morgan fingerprint density at radius 2 is 2.00 bits per heavy atom. The summed E-state index contributed by atoms with van der Waals surface area (Å²) in [4.78, 5) is 11.8. The van der Waals surface area contributed by atoms with Crippen LogP contribution in [-0.4, -0.2) is 30.9 Å². The summed E-state index contributed by atoms with van der Waals surface area (Å²) in [6.07, 6.45) is 0.712. The van der Waals surface area contributed by atoms with E-state index in [1.807, 2.05) is 32.0 Å². The van der Waals surface area contributed by atoms with Gasteiger partial charge in [0, 0.05) is 18.1 Å². The minimum atomic E-state index is -0.447. The third kappa shape index (κ3) is 4.92. The Morgan fingerprint density at radius 3 is 2.69 bits per heavy atom. The van der Waals surface area contributed by atoms with E-state index >= 15 is 0 Å². The number of thiocarbonyl (C=S) groups is 1. The van der Waals surface area contributed by atoms with Crippen LogP contribution in [0.2, 0.25) is 5.02 Å². The van der Waals surface area contributed by atoms with E-state index < -0.39 is 5.97 Å². The van der Waals surface area contributed by atoms with E-state index in [0.717, 1.165) is 17.1 Å². The highest BCUT2D eigenvalue weighted by Gasteiger charge is 2.34. The van der Waals surface area contributed by atoms with Crippen LogP contribution >= 0.6 is 23.8 Å². The SMILES string of the molecule is COC(=O)c1ccc(Cl)c(NC(=S)N[C@H]2CC(C)(C)Oc3cc(OC)ccc32)c1. The highest BCUT2D eigenvalue weighted by molar-refractivity contribution is 7.80. The van der Waals surface area contributed by atoms with Gasteiger partial charge in [-0.05, 0) is 56.4 Å². The standard InChI is InChI=1S/C21H23ClN2O4S/c1-21(2)11-17(14-7-6-13(26-3)10-18(14)28-21)24-20(29)23-16-9-12(19(25)27-4)5-8-15(16)22/h5-10,17H,11H2,1-4H3,(H2,23,24,29)/t17-/m0/s1. The van der Waals surface area contributed by atoms with Crippen molar-refractivity contribution in [2.75, 3.05) is 19.5 Å². The highest BCUT2D eigenvalue weighted by Crippen LogP contribution is 2.41. The quantitative estimate of drug-likeness (QED) is 0.532. The normalized spacial score (nSPS) is 16.8. The summed E-state index contributed by atoms with van der Waals surface area (Å²) in [6.45, 7) is 4.05. The maximum Gasteiger partial charge on any atom is 0.337 e. The van der Waals surface area contributed by atoms with Crippen molar-refractivity contribution in [2.24, 2.45) is 0 Å². The molecule has 8 heteroatoms. The third-order valence-electron chi connectivity index (χ3n) is 4.62. The van der Waals surface area contributed by atoms with E-state index in [1.165, 1.54) is 7.11 Å². The number of hydrogen-bond donors (Lipinski definition) is 2. The molecule has 1 atom stereocenters. The molecule has 1 heterocycles. The average molecular weight is 435 g/mol. The molecule has 0 aliphatic carbocycles. The number of fused-ring (bicyclic) bond motifs is 1. The fourth-order valence-corrected chi connectivity index (χ4v) is 3.69.